The van der Waals surface area contributed by atoms with Gasteiger partial charge in [0.15, 0.2) is 23.6 Å². The van der Waals surface area contributed by atoms with Crippen molar-refractivity contribution in [3.05, 3.63) is 87.4 Å². The number of carbonyl (C=O) groups excluding carboxylic acids is 3. The second-order valence-corrected chi connectivity index (χ2v) is 7.39. The third-order valence-corrected chi connectivity index (χ3v) is 5.15. The molecule has 37 heavy (non-hydrogen) atoms. The lowest BCUT2D eigenvalue weighted by atomic mass is 9.93. The van der Waals surface area contributed by atoms with Crippen LogP contribution in [-0.4, -0.2) is 39.4 Å². The molecular weight excluding hydrogens is 538 g/mol. The van der Waals surface area contributed by atoms with Crippen molar-refractivity contribution < 1.29 is 41.8 Å². The molecule has 3 rings (SSSR count). The van der Waals surface area contributed by atoms with E-state index >= 15 is 0 Å². The van der Waals surface area contributed by atoms with E-state index in [1.807, 2.05) is 0 Å². The third kappa shape index (κ3) is 7.37. The van der Waals surface area contributed by atoms with Gasteiger partial charge in [-0.25, -0.2) is 4.79 Å². The molecule has 3 aromatic rings. The minimum absolute atomic E-state index is 0. The van der Waals surface area contributed by atoms with Crippen LogP contribution in [0.5, 0.6) is 11.5 Å². The molecule has 0 spiro atoms. The standard InChI is InChI=1S/C17H12ClF3O4.C8H9NO2.ClH/c1-24-12-6-4-9(7-13(12)25-2)16(23)14-10(8-22)3-5-11(18)15(14)17(19,20)21;1-11-8(10)6-4-2-3-5-7(6)9;/h3-8H,1-2H3;2-5H,9H2,1H3;1H. The van der Waals surface area contributed by atoms with E-state index in [1.165, 1.54) is 39.5 Å². The van der Waals surface area contributed by atoms with Crippen molar-refractivity contribution >= 4 is 47.7 Å². The van der Waals surface area contributed by atoms with Gasteiger partial charge in [-0.2, -0.15) is 13.2 Å². The summed E-state index contributed by atoms with van der Waals surface area (Å²) < 4.78 is 54.7. The molecule has 0 heterocycles. The predicted octanol–water partition coefficient (Wildman–Crippen LogP) is 5.90. The molecule has 12 heteroatoms. The second-order valence-electron chi connectivity index (χ2n) is 6.98. The number of carbonyl (C=O) groups is 3. The highest BCUT2D eigenvalue weighted by Crippen LogP contribution is 2.39. The highest BCUT2D eigenvalue weighted by atomic mass is 35.5. The summed E-state index contributed by atoms with van der Waals surface area (Å²) in [5.41, 5.74) is 3.69. The van der Waals surface area contributed by atoms with Crippen molar-refractivity contribution in [2.75, 3.05) is 27.1 Å². The Hall–Kier alpha value is -3.76. The maximum atomic E-state index is 13.4. The Balaban J connectivity index is 0.000000479. The highest BCUT2D eigenvalue weighted by Gasteiger charge is 2.39. The van der Waals surface area contributed by atoms with Crippen molar-refractivity contribution in [3.63, 3.8) is 0 Å². The number of rotatable bonds is 6. The summed E-state index contributed by atoms with van der Waals surface area (Å²) >= 11 is 5.65. The van der Waals surface area contributed by atoms with E-state index in [-0.39, 0.29) is 30.0 Å². The minimum Gasteiger partial charge on any atom is -0.493 e. The number of methoxy groups -OCH3 is 3. The maximum absolute atomic E-state index is 13.4. The number of esters is 1. The van der Waals surface area contributed by atoms with Gasteiger partial charge in [0.2, 0.25) is 0 Å². The molecule has 2 N–H and O–H groups in total. The molecule has 0 amide bonds. The van der Waals surface area contributed by atoms with Gasteiger partial charge in [0.1, 0.15) is 0 Å². The first-order valence-electron chi connectivity index (χ1n) is 10.0. The van der Waals surface area contributed by atoms with Crippen molar-refractivity contribution in [2.24, 2.45) is 0 Å². The molecule has 0 atom stereocenters. The summed E-state index contributed by atoms with van der Waals surface area (Å²) in [6.45, 7) is 0. The Kier molecular flexibility index (Phi) is 11.4. The van der Waals surface area contributed by atoms with Crippen LogP contribution in [0.15, 0.2) is 54.6 Å². The Labute approximate surface area is 221 Å². The fourth-order valence-corrected chi connectivity index (χ4v) is 3.39. The maximum Gasteiger partial charge on any atom is 0.418 e. The van der Waals surface area contributed by atoms with Gasteiger partial charge < -0.3 is 19.9 Å². The number of alkyl halides is 3. The van der Waals surface area contributed by atoms with Gasteiger partial charge in [-0.3, -0.25) is 9.59 Å². The molecular formula is C25H22Cl2F3NO6. The number of anilines is 1. The summed E-state index contributed by atoms with van der Waals surface area (Å²) in [6.07, 6.45) is -4.72. The second kappa shape index (κ2) is 13.5. The van der Waals surface area contributed by atoms with E-state index in [0.717, 1.165) is 12.1 Å². The number of aldehydes is 1. The summed E-state index contributed by atoms with van der Waals surface area (Å²) in [6, 6.07) is 12.7. The van der Waals surface area contributed by atoms with Gasteiger partial charge in [0, 0.05) is 22.4 Å². The fraction of sp³-hybridized carbons (Fsp3) is 0.160. The zero-order valence-corrected chi connectivity index (χ0v) is 21.3. The largest absolute Gasteiger partial charge is 0.493 e. The average molecular weight is 560 g/mol. The summed E-state index contributed by atoms with van der Waals surface area (Å²) in [5, 5.41) is -0.665. The Bertz CT molecular complexity index is 1280. The third-order valence-electron chi connectivity index (χ3n) is 4.84. The summed E-state index contributed by atoms with van der Waals surface area (Å²) in [5.74, 6) is -0.936. The smallest absolute Gasteiger partial charge is 0.418 e. The predicted molar refractivity (Wildman–Crippen MR) is 134 cm³/mol. The van der Waals surface area contributed by atoms with E-state index in [1.54, 1.807) is 24.3 Å². The first-order chi connectivity index (χ1) is 17.0. The lowest BCUT2D eigenvalue weighted by Crippen LogP contribution is -2.17. The van der Waals surface area contributed by atoms with Crippen molar-refractivity contribution in [1.82, 2.24) is 0 Å². The Morgan fingerprint density at radius 3 is 2.08 bits per heavy atom. The van der Waals surface area contributed by atoms with Crippen LogP contribution in [-0.2, 0) is 10.9 Å². The molecule has 3 aromatic carbocycles. The van der Waals surface area contributed by atoms with Crippen LogP contribution in [0.4, 0.5) is 18.9 Å². The number of nitrogen functional groups attached to an aromatic ring is 1. The van der Waals surface area contributed by atoms with Crippen LogP contribution in [0, 0.1) is 0 Å². The van der Waals surface area contributed by atoms with Gasteiger partial charge in [-0.05, 0) is 42.5 Å². The molecule has 0 unspecified atom stereocenters. The highest BCUT2D eigenvalue weighted by molar-refractivity contribution is 6.32. The first-order valence-corrected chi connectivity index (χ1v) is 10.4. The number of halogens is 5. The quantitative estimate of drug-likeness (QED) is 0.173. The molecule has 0 aliphatic rings. The fourth-order valence-electron chi connectivity index (χ4n) is 3.13. The lowest BCUT2D eigenvalue weighted by molar-refractivity contribution is -0.137. The number of benzene rings is 3. The van der Waals surface area contributed by atoms with Gasteiger partial charge >= 0.3 is 12.1 Å². The van der Waals surface area contributed by atoms with Crippen LogP contribution >= 0.6 is 24.0 Å². The van der Waals surface area contributed by atoms with Crippen LogP contribution in [0.25, 0.3) is 0 Å². The van der Waals surface area contributed by atoms with E-state index in [2.05, 4.69) is 4.74 Å². The topological polar surface area (TPSA) is 105 Å². The average Bonchev–Trinajstić information content (AvgIpc) is 2.87. The monoisotopic (exact) mass is 559 g/mol. The number of ether oxygens (including phenoxy) is 3. The molecule has 0 fully saturated rings. The molecule has 0 bridgehead atoms. The van der Waals surface area contributed by atoms with Gasteiger partial charge in [0.05, 0.1) is 37.5 Å². The number of nitrogens with two attached hydrogens (primary N) is 1. The minimum atomic E-state index is -4.91. The zero-order valence-electron chi connectivity index (χ0n) is 19.7. The van der Waals surface area contributed by atoms with Crippen molar-refractivity contribution in [3.8, 4) is 11.5 Å². The Morgan fingerprint density at radius 1 is 0.946 bits per heavy atom. The Morgan fingerprint density at radius 2 is 1.57 bits per heavy atom. The summed E-state index contributed by atoms with van der Waals surface area (Å²) in [7, 11) is 4.03. The number of ketones is 1. The SMILES string of the molecule is COC(=O)c1ccccc1N.COc1ccc(C(=O)c2c(C=O)ccc(Cl)c2C(F)(F)F)cc1OC.Cl. The van der Waals surface area contributed by atoms with Crippen LogP contribution in [0.1, 0.15) is 42.2 Å². The molecule has 7 nitrogen and oxygen atoms in total. The molecule has 198 valence electrons. The number of hydrogen-bond acceptors (Lipinski definition) is 7. The number of hydrogen-bond donors (Lipinski definition) is 1. The van der Waals surface area contributed by atoms with Crippen molar-refractivity contribution in [1.29, 1.82) is 0 Å². The summed E-state index contributed by atoms with van der Waals surface area (Å²) in [4.78, 5) is 34.8. The number of para-hydroxylation sites is 1. The molecule has 0 saturated carbocycles. The zero-order chi connectivity index (χ0) is 27.0. The lowest BCUT2D eigenvalue weighted by Gasteiger charge is -2.16. The molecule has 0 radical (unpaired) electrons. The van der Waals surface area contributed by atoms with E-state index in [0.29, 0.717) is 17.0 Å². The van der Waals surface area contributed by atoms with E-state index < -0.39 is 39.6 Å². The van der Waals surface area contributed by atoms with Crippen LogP contribution in [0.3, 0.4) is 0 Å². The van der Waals surface area contributed by atoms with Crippen LogP contribution < -0.4 is 15.2 Å². The van der Waals surface area contributed by atoms with E-state index in [9.17, 15) is 27.6 Å². The molecule has 0 aromatic heterocycles. The van der Waals surface area contributed by atoms with Gasteiger partial charge in [-0.15, -0.1) is 12.4 Å². The van der Waals surface area contributed by atoms with E-state index in [4.69, 9.17) is 26.8 Å². The van der Waals surface area contributed by atoms with Crippen LogP contribution in [0.2, 0.25) is 5.02 Å². The normalized spacial score (nSPS) is 10.2. The van der Waals surface area contributed by atoms with Gasteiger partial charge in [-0.1, -0.05) is 23.7 Å². The van der Waals surface area contributed by atoms with Crippen molar-refractivity contribution in [2.45, 2.75) is 6.18 Å². The molecule has 0 aliphatic carbocycles. The van der Waals surface area contributed by atoms with Gasteiger partial charge in [0.25, 0.3) is 0 Å². The molecule has 0 saturated heterocycles. The molecule has 0 aliphatic heterocycles. The first kappa shape index (κ1) is 31.3.